The van der Waals surface area contributed by atoms with Gasteiger partial charge in [-0.2, -0.15) is 5.10 Å². The Hall–Kier alpha value is -1.43. The van der Waals surface area contributed by atoms with Crippen LogP contribution >= 0.6 is 0 Å². The second-order valence-corrected chi connectivity index (χ2v) is 4.19. The molecular formula is C12H22N4O2. The van der Waals surface area contributed by atoms with Crippen molar-refractivity contribution < 1.29 is 9.90 Å². The molecule has 0 aliphatic heterocycles. The molecule has 0 aromatic carbocycles. The third kappa shape index (κ3) is 4.10. The Balaban J connectivity index is 2.53. The summed E-state index contributed by atoms with van der Waals surface area (Å²) < 4.78 is 1.64. The van der Waals surface area contributed by atoms with Crippen molar-refractivity contribution in [1.29, 1.82) is 0 Å². The summed E-state index contributed by atoms with van der Waals surface area (Å²) in [6.45, 7) is 5.06. The van der Waals surface area contributed by atoms with E-state index in [4.69, 9.17) is 5.11 Å². The average molecular weight is 254 g/mol. The summed E-state index contributed by atoms with van der Waals surface area (Å²) in [5.41, 5.74) is 0. The fourth-order valence-corrected chi connectivity index (χ4v) is 2.05. The largest absolute Gasteiger partial charge is 0.395 e. The summed E-state index contributed by atoms with van der Waals surface area (Å²) in [7, 11) is 0. The Morgan fingerprint density at radius 2 is 2.17 bits per heavy atom. The molecule has 0 saturated carbocycles. The first-order valence-electron chi connectivity index (χ1n) is 6.45. The lowest BCUT2D eigenvalue weighted by Gasteiger charge is -2.30. The van der Waals surface area contributed by atoms with Crippen molar-refractivity contribution in [2.24, 2.45) is 0 Å². The Morgan fingerprint density at radius 1 is 1.44 bits per heavy atom. The van der Waals surface area contributed by atoms with Crippen LogP contribution in [0.1, 0.15) is 33.1 Å². The molecule has 0 radical (unpaired) electrons. The lowest BCUT2D eigenvalue weighted by atomic mass is 10.1. The average Bonchev–Trinajstić information content (AvgIpc) is 2.89. The fraction of sp³-hybridized carbons (Fsp3) is 0.750. The summed E-state index contributed by atoms with van der Waals surface area (Å²) in [6.07, 6.45) is 5.26. The van der Waals surface area contributed by atoms with Crippen LogP contribution in [-0.2, 0) is 11.3 Å². The van der Waals surface area contributed by atoms with Crippen LogP contribution in [0.3, 0.4) is 0 Å². The topological polar surface area (TPSA) is 71.2 Å². The first-order valence-corrected chi connectivity index (χ1v) is 6.45. The van der Waals surface area contributed by atoms with E-state index < -0.39 is 0 Å². The van der Waals surface area contributed by atoms with Gasteiger partial charge in [0, 0.05) is 19.0 Å². The van der Waals surface area contributed by atoms with Crippen molar-refractivity contribution in [3.8, 4) is 0 Å². The van der Waals surface area contributed by atoms with Crippen molar-refractivity contribution in [3.05, 3.63) is 12.7 Å². The highest BCUT2D eigenvalue weighted by Gasteiger charge is 2.20. The zero-order valence-electron chi connectivity index (χ0n) is 11.1. The van der Waals surface area contributed by atoms with Crippen molar-refractivity contribution in [2.45, 2.75) is 45.7 Å². The maximum Gasteiger partial charge on any atom is 0.224 e. The SMILES string of the molecule is CCC(CC)N(CCO)C(=O)CCn1cncn1. The van der Waals surface area contributed by atoms with E-state index in [0.717, 1.165) is 12.8 Å². The quantitative estimate of drug-likeness (QED) is 0.740. The zero-order valence-corrected chi connectivity index (χ0v) is 11.1. The van der Waals surface area contributed by atoms with Crippen molar-refractivity contribution >= 4 is 5.91 Å². The number of hydrogen-bond acceptors (Lipinski definition) is 4. The number of hydrogen-bond donors (Lipinski definition) is 1. The molecule has 102 valence electrons. The molecule has 0 bridgehead atoms. The number of carbonyl (C=O) groups is 1. The van der Waals surface area contributed by atoms with E-state index in [0.29, 0.717) is 19.5 Å². The van der Waals surface area contributed by atoms with Gasteiger partial charge in [-0.1, -0.05) is 13.8 Å². The van der Waals surface area contributed by atoms with Crippen LogP contribution < -0.4 is 0 Å². The second kappa shape index (κ2) is 7.81. The Kier molecular flexibility index (Phi) is 6.35. The molecule has 0 unspecified atom stereocenters. The molecule has 0 atom stereocenters. The minimum atomic E-state index is 0.00552. The smallest absolute Gasteiger partial charge is 0.224 e. The number of amides is 1. The van der Waals surface area contributed by atoms with Gasteiger partial charge in [0.1, 0.15) is 12.7 Å². The van der Waals surface area contributed by atoms with Crippen molar-refractivity contribution in [3.63, 3.8) is 0 Å². The molecule has 0 aliphatic rings. The normalized spacial score (nSPS) is 10.9. The van der Waals surface area contributed by atoms with E-state index in [-0.39, 0.29) is 18.6 Å². The van der Waals surface area contributed by atoms with Gasteiger partial charge in [-0.05, 0) is 12.8 Å². The lowest BCUT2D eigenvalue weighted by Crippen LogP contribution is -2.41. The third-order valence-electron chi connectivity index (χ3n) is 3.07. The number of aliphatic hydroxyl groups is 1. The van der Waals surface area contributed by atoms with Crippen LogP contribution in [0.25, 0.3) is 0 Å². The predicted molar refractivity (Wildman–Crippen MR) is 67.8 cm³/mol. The Morgan fingerprint density at radius 3 is 2.67 bits per heavy atom. The molecule has 1 N–H and O–H groups in total. The molecule has 0 aliphatic carbocycles. The summed E-state index contributed by atoms with van der Waals surface area (Å²) in [5, 5.41) is 13.0. The first kappa shape index (κ1) is 14.6. The molecule has 18 heavy (non-hydrogen) atoms. The highest BCUT2D eigenvalue weighted by molar-refractivity contribution is 5.76. The van der Waals surface area contributed by atoms with Gasteiger partial charge < -0.3 is 10.0 Å². The minimum Gasteiger partial charge on any atom is -0.395 e. The molecule has 1 aromatic heterocycles. The van der Waals surface area contributed by atoms with Gasteiger partial charge in [-0.3, -0.25) is 9.48 Å². The minimum absolute atomic E-state index is 0.00552. The van der Waals surface area contributed by atoms with Gasteiger partial charge in [0.05, 0.1) is 13.2 Å². The summed E-state index contributed by atoms with van der Waals surface area (Å²) in [6, 6.07) is 0.209. The van der Waals surface area contributed by atoms with Gasteiger partial charge in [-0.15, -0.1) is 0 Å². The standard InChI is InChI=1S/C12H22N4O2/c1-3-11(4-2)16(7-8-17)12(18)5-6-15-10-13-9-14-15/h9-11,17H,3-8H2,1-2H3. The number of aliphatic hydroxyl groups excluding tert-OH is 1. The molecule has 1 aromatic rings. The van der Waals surface area contributed by atoms with Crippen molar-refractivity contribution in [2.75, 3.05) is 13.2 Å². The van der Waals surface area contributed by atoms with Crippen LogP contribution in [-0.4, -0.2) is 49.9 Å². The fourth-order valence-electron chi connectivity index (χ4n) is 2.05. The van der Waals surface area contributed by atoms with Crippen LogP contribution in [0, 0.1) is 0 Å². The van der Waals surface area contributed by atoms with E-state index in [1.807, 2.05) is 0 Å². The van der Waals surface area contributed by atoms with Crippen LogP contribution in [0.2, 0.25) is 0 Å². The van der Waals surface area contributed by atoms with E-state index in [1.54, 1.807) is 15.9 Å². The number of aryl methyl sites for hydroxylation is 1. The molecule has 0 saturated heterocycles. The molecule has 0 spiro atoms. The van der Waals surface area contributed by atoms with E-state index in [2.05, 4.69) is 23.9 Å². The summed E-state index contributed by atoms with van der Waals surface area (Å²) in [5.74, 6) is 0.0632. The number of carbonyl (C=O) groups excluding carboxylic acids is 1. The summed E-state index contributed by atoms with van der Waals surface area (Å²) in [4.78, 5) is 17.8. The molecule has 6 nitrogen and oxygen atoms in total. The molecule has 0 fully saturated rings. The maximum absolute atomic E-state index is 12.1. The number of rotatable bonds is 8. The second-order valence-electron chi connectivity index (χ2n) is 4.19. The Bertz CT molecular complexity index is 336. The van der Waals surface area contributed by atoms with Gasteiger partial charge in [0.2, 0.25) is 5.91 Å². The summed E-state index contributed by atoms with van der Waals surface area (Å²) >= 11 is 0. The van der Waals surface area contributed by atoms with Crippen LogP contribution in [0.4, 0.5) is 0 Å². The highest BCUT2D eigenvalue weighted by atomic mass is 16.3. The zero-order chi connectivity index (χ0) is 13.4. The van der Waals surface area contributed by atoms with Crippen LogP contribution in [0.5, 0.6) is 0 Å². The van der Waals surface area contributed by atoms with Crippen LogP contribution in [0.15, 0.2) is 12.7 Å². The molecule has 6 heteroatoms. The van der Waals surface area contributed by atoms with E-state index in [1.165, 1.54) is 6.33 Å². The first-order chi connectivity index (χ1) is 8.72. The number of aromatic nitrogens is 3. The molecule has 1 heterocycles. The van der Waals surface area contributed by atoms with Gasteiger partial charge in [0.25, 0.3) is 0 Å². The highest BCUT2D eigenvalue weighted by Crippen LogP contribution is 2.10. The lowest BCUT2D eigenvalue weighted by molar-refractivity contribution is -0.134. The van der Waals surface area contributed by atoms with Gasteiger partial charge in [-0.25, -0.2) is 4.98 Å². The molecular weight excluding hydrogens is 232 g/mol. The number of nitrogens with zero attached hydrogens (tertiary/aromatic N) is 4. The van der Waals surface area contributed by atoms with Crippen molar-refractivity contribution in [1.82, 2.24) is 19.7 Å². The van der Waals surface area contributed by atoms with E-state index in [9.17, 15) is 4.79 Å². The maximum atomic E-state index is 12.1. The van der Waals surface area contributed by atoms with E-state index >= 15 is 0 Å². The monoisotopic (exact) mass is 254 g/mol. The molecule has 1 amide bonds. The van der Waals surface area contributed by atoms with Gasteiger partial charge >= 0.3 is 0 Å². The Labute approximate surface area is 108 Å². The predicted octanol–water partition coefficient (Wildman–Crippen LogP) is 0.678. The molecule has 1 rings (SSSR count). The third-order valence-corrected chi connectivity index (χ3v) is 3.07. The van der Waals surface area contributed by atoms with Gasteiger partial charge in [0.15, 0.2) is 0 Å².